The molecular formula is C18H31Cl2N3O4. The Morgan fingerprint density at radius 2 is 1.74 bits per heavy atom. The van der Waals surface area contributed by atoms with Gasteiger partial charge in [0, 0.05) is 32.2 Å². The third-order valence-corrected chi connectivity index (χ3v) is 4.76. The van der Waals surface area contributed by atoms with Gasteiger partial charge in [-0.25, -0.2) is 0 Å². The largest absolute Gasteiger partial charge is 0.493 e. The first-order valence-electron chi connectivity index (χ1n) is 8.97. The van der Waals surface area contributed by atoms with Gasteiger partial charge in [-0.05, 0) is 12.5 Å². The van der Waals surface area contributed by atoms with Crippen molar-refractivity contribution >= 4 is 30.5 Å². The van der Waals surface area contributed by atoms with Crippen molar-refractivity contribution in [2.75, 3.05) is 40.4 Å². The van der Waals surface area contributed by atoms with Crippen molar-refractivity contribution in [3.63, 3.8) is 0 Å². The highest BCUT2D eigenvalue weighted by atomic mass is 35.5. The highest BCUT2D eigenvalue weighted by molar-refractivity contribution is 5.85. The fraction of sp³-hybridized carbons (Fsp3) is 0.667. The van der Waals surface area contributed by atoms with Gasteiger partial charge < -0.3 is 14.8 Å². The first-order valence-corrected chi connectivity index (χ1v) is 8.97. The molecule has 1 atom stereocenters. The topological polar surface area (TPSA) is 76.9 Å². The minimum absolute atomic E-state index is 0. The second kappa shape index (κ2) is 13.0. The first-order chi connectivity index (χ1) is 12.1. The molecule has 27 heavy (non-hydrogen) atoms. The molecule has 7 nitrogen and oxygen atoms in total. The number of rotatable bonds is 9. The Hall–Kier alpha value is -1.28. The van der Waals surface area contributed by atoms with Gasteiger partial charge in [-0.1, -0.05) is 26.2 Å². The molecule has 1 fully saturated rings. The van der Waals surface area contributed by atoms with E-state index < -0.39 is 0 Å². The summed E-state index contributed by atoms with van der Waals surface area (Å²) in [5, 5.41) is 15.0. The number of nitrogens with zero attached hydrogens (tertiary/aromatic N) is 2. The number of hydrogen-bond acceptors (Lipinski definition) is 6. The van der Waals surface area contributed by atoms with Gasteiger partial charge in [0.05, 0.1) is 30.8 Å². The van der Waals surface area contributed by atoms with Gasteiger partial charge in [-0.3, -0.25) is 15.0 Å². The van der Waals surface area contributed by atoms with E-state index in [0.717, 1.165) is 57.4 Å². The molecule has 1 saturated heterocycles. The molecule has 2 rings (SSSR count). The van der Waals surface area contributed by atoms with Crippen LogP contribution < -0.4 is 14.8 Å². The maximum absolute atomic E-state index is 11.7. The summed E-state index contributed by atoms with van der Waals surface area (Å²) in [5.74, 6) is 0.935. The SMILES string of the molecule is CCCCC[C@@H](c1cc(OC)c(OC)cc1[N+](=O)[O-])N1CCNCC1.Cl.Cl. The molecule has 1 aromatic carbocycles. The van der Waals surface area contributed by atoms with Gasteiger partial charge in [0.1, 0.15) is 0 Å². The molecule has 0 spiro atoms. The molecule has 0 amide bonds. The van der Waals surface area contributed by atoms with E-state index in [1.54, 1.807) is 13.2 Å². The van der Waals surface area contributed by atoms with Crippen LogP contribution >= 0.6 is 24.8 Å². The van der Waals surface area contributed by atoms with Crippen LogP contribution in [0.2, 0.25) is 0 Å². The number of nitro benzene ring substituents is 1. The fourth-order valence-corrected chi connectivity index (χ4v) is 3.43. The molecule has 1 aromatic rings. The van der Waals surface area contributed by atoms with Gasteiger partial charge >= 0.3 is 0 Å². The lowest BCUT2D eigenvalue weighted by Crippen LogP contribution is -2.45. The van der Waals surface area contributed by atoms with Gasteiger partial charge in [0.25, 0.3) is 5.69 Å². The number of hydrogen-bond donors (Lipinski definition) is 1. The quantitative estimate of drug-likeness (QED) is 0.367. The lowest BCUT2D eigenvalue weighted by atomic mass is 9.96. The monoisotopic (exact) mass is 423 g/mol. The Kier molecular flexibility index (Phi) is 12.4. The molecule has 0 aliphatic carbocycles. The van der Waals surface area contributed by atoms with Crippen LogP contribution in [0.5, 0.6) is 11.5 Å². The molecule has 1 heterocycles. The summed E-state index contributed by atoms with van der Waals surface area (Å²) in [4.78, 5) is 13.7. The number of unbranched alkanes of at least 4 members (excludes halogenated alkanes) is 2. The Morgan fingerprint density at radius 3 is 2.26 bits per heavy atom. The smallest absolute Gasteiger partial charge is 0.278 e. The summed E-state index contributed by atoms with van der Waals surface area (Å²) in [5.41, 5.74) is 0.832. The average Bonchev–Trinajstić information content (AvgIpc) is 2.65. The highest BCUT2D eigenvalue weighted by Crippen LogP contribution is 2.40. The van der Waals surface area contributed by atoms with Crippen LogP contribution in [0.3, 0.4) is 0 Å². The Bertz CT molecular complexity index is 584. The van der Waals surface area contributed by atoms with E-state index in [0.29, 0.717) is 11.5 Å². The Balaban J connectivity index is 0.00000338. The number of ether oxygens (including phenoxy) is 2. The van der Waals surface area contributed by atoms with Crippen LogP contribution in [0, 0.1) is 10.1 Å². The predicted octanol–water partition coefficient (Wildman–Crippen LogP) is 3.98. The molecule has 0 radical (unpaired) electrons. The zero-order chi connectivity index (χ0) is 18.2. The van der Waals surface area contributed by atoms with Crippen molar-refractivity contribution in [1.82, 2.24) is 10.2 Å². The number of methoxy groups -OCH3 is 2. The third kappa shape index (κ3) is 6.68. The zero-order valence-electron chi connectivity index (χ0n) is 16.2. The van der Waals surface area contributed by atoms with E-state index in [2.05, 4.69) is 17.1 Å². The molecule has 0 saturated carbocycles. The summed E-state index contributed by atoms with van der Waals surface area (Å²) in [7, 11) is 3.06. The molecule has 0 bridgehead atoms. The van der Waals surface area contributed by atoms with Crippen molar-refractivity contribution in [2.45, 2.75) is 38.6 Å². The molecular weight excluding hydrogens is 393 g/mol. The highest BCUT2D eigenvalue weighted by Gasteiger charge is 2.30. The molecule has 1 N–H and O–H groups in total. The standard InChI is InChI=1S/C18H29N3O4.2ClH/c1-4-5-6-7-15(20-10-8-19-9-11-20)14-12-17(24-2)18(25-3)13-16(14)21(22)23;;/h12-13,15,19H,4-11H2,1-3H3;2*1H/t15-;;/m0../s1. The van der Waals surface area contributed by atoms with Crippen molar-refractivity contribution in [3.05, 3.63) is 27.8 Å². The van der Waals surface area contributed by atoms with E-state index in [4.69, 9.17) is 9.47 Å². The zero-order valence-corrected chi connectivity index (χ0v) is 17.9. The van der Waals surface area contributed by atoms with Gasteiger partial charge in [0.2, 0.25) is 0 Å². The molecule has 1 aliphatic heterocycles. The van der Waals surface area contributed by atoms with Crippen molar-refractivity contribution in [1.29, 1.82) is 0 Å². The second-order valence-corrected chi connectivity index (χ2v) is 6.32. The average molecular weight is 424 g/mol. The predicted molar refractivity (Wildman–Crippen MR) is 112 cm³/mol. The normalized spacial score (nSPS) is 15.2. The fourth-order valence-electron chi connectivity index (χ4n) is 3.43. The van der Waals surface area contributed by atoms with Crippen molar-refractivity contribution < 1.29 is 14.4 Å². The molecule has 1 aliphatic rings. The van der Waals surface area contributed by atoms with E-state index in [9.17, 15) is 10.1 Å². The van der Waals surface area contributed by atoms with Crippen molar-refractivity contribution in [3.8, 4) is 11.5 Å². The van der Waals surface area contributed by atoms with Crippen LogP contribution in [0.1, 0.15) is 44.2 Å². The molecule has 0 aromatic heterocycles. The van der Waals surface area contributed by atoms with Gasteiger partial charge in [0.15, 0.2) is 11.5 Å². The van der Waals surface area contributed by atoms with E-state index in [-0.39, 0.29) is 41.5 Å². The number of nitrogens with one attached hydrogen (secondary N) is 1. The lowest BCUT2D eigenvalue weighted by Gasteiger charge is -2.35. The Morgan fingerprint density at radius 1 is 1.15 bits per heavy atom. The van der Waals surface area contributed by atoms with Crippen LogP contribution in [-0.4, -0.2) is 50.2 Å². The first kappa shape index (κ1) is 25.7. The maximum atomic E-state index is 11.7. The number of nitro groups is 1. The van der Waals surface area contributed by atoms with Crippen LogP contribution in [0.4, 0.5) is 5.69 Å². The van der Waals surface area contributed by atoms with Crippen molar-refractivity contribution in [2.24, 2.45) is 0 Å². The summed E-state index contributed by atoms with van der Waals surface area (Å²) < 4.78 is 10.6. The number of benzene rings is 1. The lowest BCUT2D eigenvalue weighted by molar-refractivity contribution is -0.386. The van der Waals surface area contributed by atoms with Crippen LogP contribution in [-0.2, 0) is 0 Å². The van der Waals surface area contributed by atoms with E-state index in [1.165, 1.54) is 13.2 Å². The molecule has 156 valence electrons. The minimum atomic E-state index is -0.313. The molecule has 9 heteroatoms. The summed E-state index contributed by atoms with van der Waals surface area (Å²) in [6.07, 6.45) is 4.22. The third-order valence-electron chi connectivity index (χ3n) is 4.76. The summed E-state index contributed by atoms with van der Waals surface area (Å²) in [6, 6.07) is 3.30. The second-order valence-electron chi connectivity index (χ2n) is 6.32. The number of halogens is 2. The molecule has 0 unspecified atom stereocenters. The maximum Gasteiger partial charge on any atom is 0.278 e. The van der Waals surface area contributed by atoms with Gasteiger partial charge in [-0.15, -0.1) is 24.8 Å². The summed E-state index contributed by atoms with van der Waals surface area (Å²) in [6.45, 7) is 5.76. The van der Waals surface area contributed by atoms with E-state index in [1.807, 2.05) is 0 Å². The summed E-state index contributed by atoms with van der Waals surface area (Å²) >= 11 is 0. The van der Waals surface area contributed by atoms with Crippen LogP contribution in [0.25, 0.3) is 0 Å². The Labute approximate surface area is 173 Å². The minimum Gasteiger partial charge on any atom is -0.493 e. The number of piperazine rings is 1. The van der Waals surface area contributed by atoms with E-state index >= 15 is 0 Å². The van der Waals surface area contributed by atoms with Gasteiger partial charge in [-0.2, -0.15) is 0 Å². The van der Waals surface area contributed by atoms with Crippen LogP contribution in [0.15, 0.2) is 12.1 Å².